The summed E-state index contributed by atoms with van der Waals surface area (Å²) in [6, 6.07) is 6.10. The molecule has 0 radical (unpaired) electrons. The molecule has 102 valence electrons. The van der Waals surface area contributed by atoms with Crippen LogP contribution >= 0.6 is 0 Å². The molecular formula is C15H17N5. The number of nitrogens with one attached hydrogen (secondary N) is 1. The quantitative estimate of drug-likeness (QED) is 0.900. The van der Waals surface area contributed by atoms with Crippen molar-refractivity contribution < 1.29 is 0 Å². The van der Waals surface area contributed by atoms with E-state index in [1.54, 1.807) is 12.4 Å². The van der Waals surface area contributed by atoms with Crippen LogP contribution in [0, 0.1) is 11.3 Å². The molecule has 0 aromatic carbocycles. The Morgan fingerprint density at radius 3 is 2.50 bits per heavy atom. The van der Waals surface area contributed by atoms with Crippen molar-refractivity contribution in [2.75, 3.05) is 5.32 Å². The molecule has 2 rings (SSSR count). The van der Waals surface area contributed by atoms with Gasteiger partial charge in [-0.15, -0.1) is 5.10 Å². The van der Waals surface area contributed by atoms with Gasteiger partial charge in [-0.1, -0.05) is 13.8 Å². The zero-order chi connectivity index (χ0) is 14.4. The second kappa shape index (κ2) is 6.62. The van der Waals surface area contributed by atoms with Crippen LogP contribution in [0.3, 0.4) is 0 Å². The van der Waals surface area contributed by atoms with E-state index in [2.05, 4.69) is 26.6 Å². The van der Waals surface area contributed by atoms with E-state index < -0.39 is 0 Å². The van der Waals surface area contributed by atoms with Crippen molar-refractivity contribution in [3.05, 3.63) is 46.9 Å². The lowest BCUT2D eigenvalue weighted by Crippen LogP contribution is -2.10. The van der Waals surface area contributed by atoms with E-state index in [4.69, 9.17) is 0 Å². The summed E-state index contributed by atoms with van der Waals surface area (Å²) in [4.78, 5) is 3.98. The number of nitrogens with zero attached hydrogens (tertiary/aromatic N) is 4. The predicted molar refractivity (Wildman–Crippen MR) is 77.1 cm³/mol. The summed E-state index contributed by atoms with van der Waals surface area (Å²) in [7, 11) is 0. The lowest BCUT2D eigenvalue weighted by molar-refractivity contribution is 0.869. The van der Waals surface area contributed by atoms with Gasteiger partial charge in [-0.25, -0.2) is 0 Å². The van der Waals surface area contributed by atoms with Crippen molar-refractivity contribution >= 4 is 5.82 Å². The third kappa shape index (κ3) is 2.91. The van der Waals surface area contributed by atoms with E-state index in [0.29, 0.717) is 17.9 Å². The fourth-order valence-corrected chi connectivity index (χ4v) is 2.10. The Morgan fingerprint density at radius 1 is 1.15 bits per heavy atom. The topological polar surface area (TPSA) is 74.5 Å². The van der Waals surface area contributed by atoms with Gasteiger partial charge in [0.05, 0.1) is 5.69 Å². The summed E-state index contributed by atoms with van der Waals surface area (Å²) in [5.41, 5.74) is 3.58. The van der Waals surface area contributed by atoms with Gasteiger partial charge in [0.2, 0.25) is 0 Å². The number of pyridine rings is 1. The minimum atomic E-state index is 0.554. The normalized spacial score (nSPS) is 10.1. The molecule has 5 heteroatoms. The van der Waals surface area contributed by atoms with Crippen LogP contribution < -0.4 is 5.32 Å². The van der Waals surface area contributed by atoms with E-state index >= 15 is 0 Å². The number of hydrogen-bond donors (Lipinski definition) is 1. The van der Waals surface area contributed by atoms with Crippen molar-refractivity contribution in [1.82, 2.24) is 15.2 Å². The molecule has 0 spiro atoms. The van der Waals surface area contributed by atoms with Crippen LogP contribution in [0.5, 0.6) is 0 Å². The van der Waals surface area contributed by atoms with Crippen LogP contribution in [0.4, 0.5) is 5.82 Å². The first-order valence-electron chi connectivity index (χ1n) is 6.71. The van der Waals surface area contributed by atoms with Gasteiger partial charge in [0.1, 0.15) is 11.6 Å². The van der Waals surface area contributed by atoms with E-state index in [9.17, 15) is 5.26 Å². The minimum Gasteiger partial charge on any atom is -0.363 e. The predicted octanol–water partition coefficient (Wildman–Crippen LogP) is 2.48. The van der Waals surface area contributed by atoms with E-state index in [1.807, 2.05) is 26.0 Å². The lowest BCUT2D eigenvalue weighted by Gasteiger charge is -2.11. The van der Waals surface area contributed by atoms with E-state index in [1.165, 1.54) is 0 Å². The summed E-state index contributed by atoms with van der Waals surface area (Å²) in [5, 5.41) is 20.9. The summed E-state index contributed by atoms with van der Waals surface area (Å²) in [5.74, 6) is 0.554. The molecule has 0 bridgehead atoms. The molecule has 0 fully saturated rings. The molecule has 2 heterocycles. The Balaban J connectivity index is 2.26. The molecule has 0 aliphatic heterocycles. The maximum atomic E-state index is 9.38. The average molecular weight is 267 g/mol. The molecule has 2 aromatic rings. The molecule has 2 aromatic heterocycles. The first kappa shape index (κ1) is 13.9. The van der Waals surface area contributed by atoms with Crippen molar-refractivity contribution in [2.45, 2.75) is 33.2 Å². The van der Waals surface area contributed by atoms with Crippen LogP contribution in [0.25, 0.3) is 0 Å². The Kier molecular flexibility index (Phi) is 4.61. The van der Waals surface area contributed by atoms with Crippen molar-refractivity contribution in [3.8, 4) is 6.07 Å². The van der Waals surface area contributed by atoms with E-state index in [-0.39, 0.29) is 0 Å². The molecule has 20 heavy (non-hydrogen) atoms. The summed E-state index contributed by atoms with van der Waals surface area (Å²) < 4.78 is 0. The molecule has 0 unspecified atom stereocenters. The van der Waals surface area contributed by atoms with Crippen molar-refractivity contribution in [2.24, 2.45) is 0 Å². The molecule has 1 N–H and O–H groups in total. The van der Waals surface area contributed by atoms with Gasteiger partial charge in [0.15, 0.2) is 5.82 Å². The largest absolute Gasteiger partial charge is 0.363 e. The second-order valence-electron chi connectivity index (χ2n) is 4.38. The third-order valence-electron chi connectivity index (χ3n) is 3.17. The fraction of sp³-hybridized carbons (Fsp3) is 0.333. The highest BCUT2D eigenvalue weighted by atomic mass is 15.2. The molecule has 0 saturated carbocycles. The molecule has 0 aliphatic carbocycles. The van der Waals surface area contributed by atoms with Crippen molar-refractivity contribution in [1.29, 1.82) is 5.26 Å². The van der Waals surface area contributed by atoms with Crippen LogP contribution in [-0.4, -0.2) is 15.2 Å². The molecule has 5 nitrogen and oxygen atoms in total. The van der Waals surface area contributed by atoms with Crippen LogP contribution in [-0.2, 0) is 19.4 Å². The highest BCUT2D eigenvalue weighted by Crippen LogP contribution is 2.20. The Morgan fingerprint density at radius 2 is 1.90 bits per heavy atom. The first-order valence-corrected chi connectivity index (χ1v) is 6.71. The standard InChI is InChI=1S/C15H17N5/c1-3-12-13(9-16)15(20-19-14(12)4-2)18-10-11-5-7-17-8-6-11/h5-8H,3-4,10H2,1-2H3,(H,18,20). The van der Waals surface area contributed by atoms with Crippen LogP contribution in [0.1, 0.15) is 36.2 Å². The number of anilines is 1. The zero-order valence-corrected chi connectivity index (χ0v) is 11.7. The maximum Gasteiger partial charge on any atom is 0.167 e. The highest BCUT2D eigenvalue weighted by molar-refractivity contribution is 5.56. The van der Waals surface area contributed by atoms with Gasteiger partial charge in [-0.2, -0.15) is 10.4 Å². The molecular weight excluding hydrogens is 250 g/mol. The summed E-state index contributed by atoms with van der Waals surface area (Å²) >= 11 is 0. The average Bonchev–Trinajstić information content (AvgIpc) is 2.52. The number of nitriles is 1. The molecule has 0 atom stereocenters. The van der Waals surface area contributed by atoms with Gasteiger partial charge in [-0.3, -0.25) is 4.98 Å². The van der Waals surface area contributed by atoms with Gasteiger partial charge in [0.25, 0.3) is 0 Å². The Bertz CT molecular complexity index is 616. The number of aromatic nitrogens is 3. The molecule has 0 amide bonds. The Hall–Kier alpha value is -2.48. The highest BCUT2D eigenvalue weighted by Gasteiger charge is 2.13. The maximum absolute atomic E-state index is 9.38. The number of rotatable bonds is 5. The SMILES string of the molecule is CCc1nnc(NCc2ccncc2)c(C#N)c1CC. The zero-order valence-electron chi connectivity index (χ0n) is 11.7. The van der Waals surface area contributed by atoms with Gasteiger partial charge in [0, 0.05) is 18.9 Å². The van der Waals surface area contributed by atoms with Crippen LogP contribution in [0.15, 0.2) is 24.5 Å². The minimum absolute atomic E-state index is 0.554. The van der Waals surface area contributed by atoms with Gasteiger partial charge in [-0.05, 0) is 36.1 Å². The Labute approximate surface area is 118 Å². The summed E-state index contributed by atoms with van der Waals surface area (Å²) in [6.45, 7) is 4.65. The first-order chi connectivity index (χ1) is 9.80. The smallest absolute Gasteiger partial charge is 0.167 e. The third-order valence-corrected chi connectivity index (χ3v) is 3.17. The monoisotopic (exact) mass is 267 g/mol. The van der Waals surface area contributed by atoms with Crippen LogP contribution in [0.2, 0.25) is 0 Å². The fourth-order valence-electron chi connectivity index (χ4n) is 2.10. The lowest BCUT2D eigenvalue weighted by atomic mass is 10.0. The van der Waals surface area contributed by atoms with Gasteiger partial charge >= 0.3 is 0 Å². The van der Waals surface area contributed by atoms with Gasteiger partial charge < -0.3 is 5.32 Å². The van der Waals surface area contributed by atoms with Crippen molar-refractivity contribution in [3.63, 3.8) is 0 Å². The molecule has 0 aliphatic rings. The number of hydrogen-bond acceptors (Lipinski definition) is 5. The molecule has 0 saturated heterocycles. The van der Waals surface area contributed by atoms with E-state index in [0.717, 1.165) is 29.7 Å². The second-order valence-corrected chi connectivity index (χ2v) is 4.38. The number of aryl methyl sites for hydroxylation is 1. The summed E-state index contributed by atoms with van der Waals surface area (Å²) in [6.07, 6.45) is 5.05.